The summed E-state index contributed by atoms with van der Waals surface area (Å²) in [5.41, 5.74) is 2.37. The third-order valence-corrected chi connectivity index (χ3v) is 4.18. The molecule has 0 amide bonds. The molecule has 1 heterocycles. The molecule has 0 aliphatic carbocycles. The molecular formula is C19H15F4N. The number of hydrogen-bond acceptors (Lipinski definition) is 1. The fraction of sp³-hybridized carbons (Fsp3) is 0.211. The van der Waals surface area contributed by atoms with Gasteiger partial charge >= 0.3 is 6.18 Å². The minimum absolute atomic E-state index is 0.103. The SMILES string of the molecule is Cc1ccccc1-c1cc(C(C)C(F)(F)F)c2ccc(F)cc2n1. The van der Waals surface area contributed by atoms with Gasteiger partial charge < -0.3 is 0 Å². The molecule has 124 valence electrons. The number of pyridine rings is 1. The predicted octanol–water partition coefficient (Wildman–Crippen LogP) is 6.02. The largest absolute Gasteiger partial charge is 0.395 e. The summed E-state index contributed by atoms with van der Waals surface area (Å²) in [6, 6.07) is 12.4. The van der Waals surface area contributed by atoms with E-state index in [1.165, 1.54) is 18.2 Å². The molecule has 0 spiro atoms. The van der Waals surface area contributed by atoms with Crippen molar-refractivity contribution < 1.29 is 17.6 Å². The van der Waals surface area contributed by atoms with E-state index in [0.29, 0.717) is 11.1 Å². The van der Waals surface area contributed by atoms with Crippen molar-refractivity contribution in [2.45, 2.75) is 25.9 Å². The van der Waals surface area contributed by atoms with Crippen LogP contribution in [0.3, 0.4) is 0 Å². The zero-order chi connectivity index (χ0) is 17.5. The average molecular weight is 333 g/mol. The molecule has 0 bridgehead atoms. The molecule has 2 aromatic carbocycles. The summed E-state index contributed by atoms with van der Waals surface area (Å²) in [4.78, 5) is 4.38. The molecule has 0 fully saturated rings. The first-order valence-corrected chi connectivity index (χ1v) is 7.50. The molecule has 3 aromatic rings. The summed E-state index contributed by atoms with van der Waals surface area (Å²) in [6.07, 6.45) is -4.38. The number of rotatable bonds is 2. The fourth-order valence-corrected chi connectivity index (χ4v) is 2.76. The first kappa shape index (κ1) is 16.4. The minimum Gasteiger partial charge on any atom is -0.248 e. The smallest absolute Gasteiger partial charge is 0.248 e. The minimum atomic E-state index is -4.38. The molecule has 1 nitrogen and oxygen atoms in total. The van der Waals surface area contributed by atoms with Crippen LogP contribution in [-0.2, 0) is 0 Å². The first-order valence-electron chi connectivity index (χ1n) is 7.50. The molecule has 24 heavy (non-hydrogen) atoms. The second-order valence-corrected chi connectivity index (χ2v) is 5.84. The van der Waals surface area contributed by atoms with Gasteiger partial charge in [0.2, 0.25) is 0 Å². The summed E-state index contributed by atoms with van der Waals surface area (Å²) in [5.74, 6) is -2.20. The zero-order valence-electron chi connectivity index (χ0n) is 13.2. The normalized spacial score (nSPS) is 13.2. The number of benzene rings is 2. The van der Waals surface area contributed by atoms with Crippen molar-refractivity contribution in [1.82, 2.24) is 4.98 Å². The Hall–Kier alpha value is -2.43. The number of alkyl halides is 3. The molecule has 3 rings (SSSR count). The number of hydrogen-bond donors (Lipinski definition) is 0. The lowest BCUT2D eigenvalue weighted by Gasteiger charge is -2.19. The lowest BCUT2D eigenvalue weighted by molar-refractivity contribution is -0.146. The van der Waals surface area contributed by atoms with E-state index in [0.717, 1.165) is 24.1 Å². The lowest BCUT2D eigenvalue weighted by Crippen LogP contribution is -2.18. The van der Waals surface area contributed by atoms with Crippen molar-refractivity contribution in [2.24, 2.45) is 0 Å². The molecule has 5 heteroatoms. The Morgan fingerprint density at radius 2 is 1.71 bits per heavy atom. The van der Waals surface area contributed by atoms with E-state index in [1.807, 2.05) is 19.1 Å². The van der Waals surface area contributed by atoms with Gasteiger partial charge in [-0.15, -0.1) is 0 Å². The van der Waals surface area contributed by atoms with Crippen LogP contribution in [0.2, 0.25) is 0 Å². The van der Waals surface area contributed by atoms with Gasteiger partial charge in [-0.2, -0.15) is 13.2 Å². The second-order valence-electron chi connectivity index (χ2n) is 5.84. The standard InChI is InChI=1S/C19H15F4N/c1-11-5-3-4-6-14(11)18-10-16(12(2)19(21,22)23)15-8-7-13(20)9-17(15)24-18/h3-10,12H,1-2H3. The summed E-state index contributed by atoms with van der Waals surface area (Å²) < 4.78 is 53.3. The maximum Gasteiger partial charge on any atom is 0.395 e. The van der Waals surface area contributed by atoms with E-state index in [1.54, 1.807) is 12.1 Å². The molecule has 0 aliphatic rings. The fourth-order valence-electron chi connectivity index (χ4n) is 2.76. The van der Waals surface area contributed by atoms with Crippen molar-refractivity contribution in [1.29, 1.82) is 0 Å². The van der Waals surface area contributed by atoms with Gasteiger partial charge in [0, 0.05) is 17.0 Å². The van der Waals surface area contributed by atoms with Gasteiger partial charge in [0.05, 0.1) is 17.1 Å². The monoisotopic (exact) mass is 333 g/mol. The molecule has 0 radical (unpaired) electrons. The molecule has 1 aromatic heterocycles. The van der Waals surface area contributed by atoms with E-state index in [2.05, 4.69) is 4.98 Å². The number of fused-ring (bicyclic) bond motifs is 1. The highest BCUT2D eigenvalue weighted by atomic mass is 19.4. The molecule has 0 saturated carbocycles. The molecule has 0 N–H and O–H groups in total. The molecule has 0 aliphatic heterocycles. The van der Waals surface area contributed by atoms with Crippen LogP contribution in [0.15, 0.2) is 48.5 Å². The van der Waals surface area contributed by atoms with E-state index in [4.69, 9.17) is 0 Å². The predicted molar refractivity (Wildman–Crippen MR) is 86.3 cm³/mol. The van der Waals surface area contributed by atoms with Crippen LogP contribution >= 0.6 is 0 Å². The molecule has 0 saturated heterocycles. The van der Waals surface area contributed by atoms with E-state index < -0.39 is 17.9 Å². The number of nitrogens with zero attached hydrogens (tertiary/aromatic N) is 1. The Morgan fingerprint density at radius 1 is 1.00 bits per heavy atom. The van der Waals surface area contributed by atoms with Crippen molar-refractivity contribution in [3.8, 4) is 11.3 Å². The Kier molecular flexibility index (Phi) is 4.03. The Bertz CT molecular complexity index is 899. The van der Waals surface area contributed by atoms with Crippen LogP contribution in [0, 0.1) is 12.7 Å². The van der Waals surface area contributed by atoms with Crippen molar-refractivity contribution >= 4 is 10.9 Å². The van der Waals surface area contributed by atoms with Gasteiger partial charge in [-0.3, -0.25) is 0 Å². The van der Waals surface area contributed by atoms with Gasteiger partial charge in [-0.25, -0.2) is 9.37 Å². The van der Waals surface area contributed by atoms with E-state index in [9.17, 15) is 17.6 Å². The molecule has 1 unspecified atom stereocenters. The lowest BCUT2D eigenvalue weighted by atomic mass is 9.93. The van der Waals surface area contributed by atoms with E-state index >= 15 is 0 Å². The quantitative estimate of drug-likeness (QED) is 0.523. The Morgan fingerprint density at radius 3 is 2.38 bits per heavy atom. The van der Waals surface area contributed by atoms with Crippen molar-refractivity contribution in [2.75, 3.05) is 0 Å². The van der Waals surface area contributed by atoms with Gasteiger partial charge in [0.15, 0.2) is 0 Å². The first-order chi connectivity index (χ1) is 11.3. The highest BCUT2D eigenvalue weighted by Gasteiger charge is 2.38. The maximum absolute atomic E-state index is 13.6. The van der Waals surface area contributed by atoms with Gasteiger partial charge in [-0.1, -0.05) is 24.3 Å². The maximum atomic E-state index is 13.6. The topological polar surface area (TPSA) is 12.9 Å². The third kappa shape index (κ3) is 2.98. The summed E-state index contributed by atoms with van der Waals surface area (Å²) >= 11 is 0. The van der Waals surface area contributed by atoms with Crippen LogP contribution in [0.4, 0.5) is 17.6 Å². The van der Waals surface area contributed by atoms with Crippen LogP contribution in [0.5, 0.6) is 0 Å². The number of aromatic nitrogens is 1. The van der Waals surface area contributed by atoms with Crippen LogP contribution in [0.25, 0.3) is 22.2 Å². The summed E-state index contributed by atoms with van der Waals surface area (Å²) in [6.45, 7) is 2.97. The van der Waals surface area contributed by atoms with Crippen molar-refractivity contribution in [3.05, 3.63) is 65.5 Å². The van der Waals surface area contributed by atoms with Crippen LogP contribution in [-0.4, -0.2) is 11.2 Å². The average Bonchev–Trinajstić information content (AvgIpc) is 2.52. The highest BCUT2D eigenvalue weighted by Crippen LogP contribution is 2.39. The van der Waals surface area contributed by atoms with Gasteiger partial charge in [0.1, 0.15) is 5.82 Å². The summed E-state index contributed by atoms with van der Waals surface area (Å²) in [5, 5.41) is 0.318. The van der Waals surface area contributed by atoms with Gasteiger partial charge in [-0.05, 0) is 43.2 Å². The number of aryl methyl sites for hydroxylation is 1. The van der Waals surface area contributed by atoms with E-state index in [-0.39, 0.29) is 11.1 Å². The third-order valence-electron chi connectivity index (χ3n) is 4.18. The highest BCUT2D eigenvalue weighted by molar-refractivity contribution is 5.86. The van der Waals surface area contributed by atoms with Crippen LogP contribution in [0.1, 0.15) is 24.0 Å². The molecular weight excluding hydrogens is 318 g/mol. The summed E-state index contributed by atoms with van der Waals surface area (Å²) in [7, 11) is 0. The number of halogens is 4. The zero-order valence-corrected chi connectivity index (χ0v) is 13.2. The Labute approximate surface area is 137 Å². The Balaban J connectivity index is 2.31. The molecule has 1 atom stereocenters. The van der Waals surface area contributed by atoms with Crippen molar-refractivity contribution in [3.63, 3.8) is 0 Å². The van der Waals surface area contributed by atoms with Crippen LogP contribution < -0.4 is 0 Å². The second kappa shape index (κ2) is 5.89. The van der Waals surface area contributed by atoms with Gasteiger partial charge in [0.25, 0.3) is 0 Å².